The summed E-state index contributed by atoms with van der Waals surface area (Å²) in [4.78, 5) is 0. The van der Waals surface area contributed by atoms with Gasteiger partial charge in [-0.3, -0.25) is 0 Å². The Bertz CT molecular complexity index is 527. The summed E-state index contributed by atoms with van der Waals surface area (Å²) in [7, 11) is 0. The second-order valence-corrected chi connectivity index (χ2v) is 5.49. The first-order chi connectivity index (χ1) is 9.34. The lowest BCUT2D eigenvalue weighted by molar-refractivity contribution is 0.163. The van der Waals surface area contributed by atoms with Crippen molar-refractivity contribution in [2.75, 3.05) is 13.2 Å². The molecular weight excluding hydrogens is 258 g/mol. The highest BCUT2D eigenvalue weighted by molar-refractivity contribution is 7.07. The highest BCUT2D eigenvalue weighted by Gasteiger charge is 2.21. The number of ether oxygens (including phenoxy) is 1. The van der Waals surface area contributed by atoms with Gasteiger partial charge in [0.15, 0.2) is 0 Å². The minimum atomic E-state index is -0.443. The molecule has 2 atom stereocenters. The Labute approximate surface area is 116 Å². The maximum atomic E-state index is 10.1. The van der Waals surface area contributed by atoms with Crippen molar-refractivity contribution in [3.8, 4) is 5.75 Å². The second kappa shape index (κ2) is 5.74. The molecule has 1 aromatic carbocycles. The molecule has 3 rings (SSSR count). The van der Waals surface area contributed by atoms with Crippen LogP contribution < -0.4 is 10.1 Å². The maximum Gasteiger partial charge on any atom is 0.124 e. The summed E-state index contributed by atoms with van der Waals surface area (Å²) in [5, 5.41) is 17.5. The molecular formula is C15H17NO2S. The van der Waals surface area contributed by atoms with Gasteiger partial charge in [0.05, 0.1) is 12.7 Å². The van der Waals surface area contributed by atoms with Gasteiger partial charge in [0.25, 0.3) is 0 Å². The molecule has 2 N–H and O–H groups in total. The molecule has 0 bridgehead atoms. The number of nitrogens with one attached hydrogen (secondary N) is 1. The Balaban J connectivity index is 1.65. The number of fused-ring (bicyclic) bond motifs is 1. The van der Waals surface area contributed by atoms with Gasteiger partial charge in [-0.1, -0.05) is 18.2 Å². The van der Waals surface area contributed by atoms with E-state index in [1.54, 1.807) is 11.3 Å². The molecule has 0 saturated carbocycles. The van der Waals surface area contributed by atoms with E-state index < -0.39 is 6.10 Å². The van der Waals surface area contributed by atoms with E-state index in [1.807, 2.05) is 35.0 Å². The van der Waals surface area contributed by atoms with E-state index in [0.29, 0.717) is 6.54 Å². The summed E-state index contributed by atoms with van der Waals surface area (Å²) >= 11 is 1.61. The number of aliphatic hydroxyl groups is 1. The van der Waals surface area contributed by atoms with Crippen LogP contribution in [0.5, 0.6) is 5.75 Å². The van der Waals surface area contributed by atoms with Crippen LogP contribution in [0.15, 0.2) is 41.1 Å². The predicted molar refractivity (Wildman–Crippen MR) is 76.6 cm³/mol. The first-order valence-corrected chi connectivity index (χ1v) is 7.44. The molecule has 0 aliphatic carbocycles. The van der Waals surface area contributed by atoms with Crippen LogP contribution in [0.3, 0.4) is 0 Å². The maximum absolute atomic E-state index is 10.1. The fourth-order valence-electron chi connectivity index (χ4n) is 2.39. The topological polar surface area (TPSA) is 41.5 Å². The number of hydrogen-bond donors (Lipinski definition) is 2. The smallest absolute Gasteiger partial charge is 0.124 e. The number of thiophene rings is 1. The molecule has 0 amide bonds. The van der Waals surface area contributed by atoms with Gasteiger partial charge in [0.2, 0.25) is 0 Å². The molecule has 0 radical (unpaired) electrons. The van der Waals surface area contributed by atoms with Crippen molar-refractivity contribution < 1.29 is 9.84 Å². The van der Waals surface area contributed by atoms with Gasteiger partial charge in [-0.15, -0.1) is 0 Å². The third-order valence-corrected chi connectivity index (χ3v) is 4.15. The van der Waals surface area contributed by atoms with Crippen molar-refractivity contribution in [1.82, 2.24) is 5.32 Å². The van der Waals surface area contributed by atoms with Crippen LogP contribution in [0.4, 0.5) is 0 Å². The molecule has 100 valence electrons. The molecule has 0 fully saturated rings. The van der Waals surface area contributed by atoms with Gasteiger partial charge in [-0.2, -0.15) is 11.3 Å². The Morgan fingerprint density at radius 1 is 1.37 bits per heavy atom. The van der Waals surface area contributed by atoms with Crippen LogP contribution >= 0.6 is 11.3 Å². The summed E-state index contributed by atoms with van der Waals surface area (Å²) in [5.41, 5.74) is 2.17. The van der Waals surface area contributed by atoms with Gasteiger partial charge in [0, 0.05) is 24.6 Å². The second-order valence-electron chi connectivity index (χ2n) is 4.71. The van der Waals surface area contributed by atoms with Crippen molar-refractivity contribution in [1.29, 1.82) is 0 Å². The van der Waals surface area contributed by atoms with Crippen molar-refractivity contribution in [3.05, 3.63) is 52.2 Å². The molecule has 2 unspecified atom stereocenters. The van der Waals surface area contributed by atoms with E-state index in [0.717, 1.165) is 24.3 Å². The largest absolute Gasteiger partial charge is 0.493 e. The van der Waals surface area contributed by atoms with E-state index in [1.165, 1.54) is 5.56 Å². The van der Waals surface area contributed by atoms with Gasteiger partial charge >= 0.3 is 0 Å². The summed E-state index contributed by atoms with van der Waals surface area (Å²) in [6.07, 6.45) is 0.495. The minimum absolute atomic E-state index is 0.262. The molecule has 0 saturated heterocycles. The molecule has 2 heterocycles. The Morgan fingerprint density at radius 2 is 2.26 bits per heavy atom. The van der Waals surface area contributed by atoms with E-state index >= 15 is 0 Å². The average molecular weight is 275 g/mol. The van der Waals surface area contributed by atoms with Crippen molar-refractivity contribution in [2.24, 2.45) is 0 Å². The first kappa shape index (κ1) is 12.7. The summed E-state index contributed by atoms with van der Waals surface area (Å²) < 4.78 is 5.63. The average Bonchev–Trinajstić information content (AvgIpc) is 2.99. The molecule has 19 heavy (non-hydrogen) atoms. The fraction of sp³-hybridized carbons (Fsp3) is 0.333. The monoisotopic (exact) mass is 275 g/mol. The SMILES string of the molecule is OC(CNC1CCOc2ccccc21)c1ccsc1. The predicted octanol–water partition coefficient (Wildman–Crippen LogP) is 2.89. The third kappa shape index (κ3) is 2.81. The molecule has 1 aromatic heterocycles. The lowest BCUT2D eigenvalue weighted by atomic mass is 10.0. The molecule has 2 aromatic rings. The zero-order valence-corrected chi connectivity index (χ0v) is 11.4. The summed E-state index contributed by atoms with van der Waals surface area (Å²) in [6, 6.07) is 10.3. The highest BCUT2D eigenvalue weighted by atomic mass is 32.1. The Hall–Kier alpha value is -1.36. The van der Waals surface area contributed by atoms with Crippen LogP contribution in [0.1, 0.15) is 29.7 Å². The number of benzene rings is 1. The quantitative estimate of drug-likeness (QED) is 0.901. The Kier molecular flexibility index (Phi) is 3.82. The highest BCUT2D eigenvalue weighted by Crippen LogP contribution is 2.31. The number of aliphatic hydroxyl groups excluding tert-OH is 1. The lowest BCUT2D eigenvalue weighted by Crippen LogP contribution is -2.30. The molecule has 1 aliphatic rings. The van der Waals surface area contributed by atoms with E-state index in [9.17, 15) is 5.11 Å². The Morgan fingerprint density at radius 3 is 3.11 bits per heavy atom. The van der Waals surface area contributed by atoms with E-state index in [-0.39, 0.29) is 6.04 Å². The molecule has 4 heteroatoms. The van der Waals surface area contributed by atoms with Crippen LogP contribution in [-0.2, 0) is 0 Å². The van der Waals surface area contributed by atoms with Crippen molar-refractivity contribution in [2.45, 2.75) is 18.6 Å². The van der Waals surface area contributed by atoms with Gasteiger partial charge < -0.3 is 15.2 Å². The summed E-state index contributed by atoms with van der Waals surface area (Å²) in [5.74, 6) is 0.955. The zero-order chi connectivity index (χ0) is 13.1. The van der Waals surface area contributed by atoms with Gasteiger partial charge in [-0.05, 0) is 28.5 Å². The molecule has 3 nitrogen and oxygen atoms in total. The fourth-order valence-corrected chi connectivity index (χ4v) is 3.10. The molecule has 0 spiro atoms. The first-order valence-electron chi connectivity index (χ1n) is 6.50. The molecule has 1 aliphatic heterocycles. The van der Waals surface area contributed by atoms with Gasteiger partial charge in [0.1, 0.15) is 5.75 Å². The van der Waals surface area contributed by atoms with E-state index in [4.69, 9.17) is 4.74 Å². The standard InChI is InChI=1S/C15H17NO2S/c17-14(11-6-8-19-10-11)9-16-13-5-7-18-15-4-2-1-3-12(13)15/h1-4,6,8,10,13-14,16-17H,5,7,9H2. The normalized spacial score (nSPS) is 19.5. The third-order valence-electron chi connectivity index (χ3n) is 3.44. The zero-order valence-electron chi connectivity index (χ0n) is 10.6. The van der Waals surface area contributed by atoms with E-state index in [2.05, 4.69) is 11.4 Å². The van der Waals surface area contributed by atoms with Crippen molar-refractivity contribution >= 4 is 11.3 Å². The van der Waals surface area contributed by atoms with Crippen LogP contribution in [0, 0.1) is 0 Å². The summed E-state index contributed by atoms with van der Waals surface area (Å²) in [6.45, 7) is 1.29. The van der Waals surface area contributed by atoms with Crippen LogP contribution in [-0.4, -0.2) is 18.3 Å². The van der Waals surface area contributed by atoms with Crippen molar-refractivity contribution in [3.63, 3.8) is 0 Å². The minimum Gasteiger partial charge on any atom is -0.493 e. The number of hydrogen-bond acceptors (Lipinski definition) is 4. The van der Waals surface area contributed by atoms with Crippen LogP contribution in [0.25, 0.3) is 0 Å². The number of rotatable bonds is 4. The van der Waals surface area contributed by atoms with Crippen LogP contribution in [0.2, 0.25) is 0 Å². The van der Waals surface area contributed by atoms with Gasteiger partial charge in [-0.25, -0.2) is 0 Å². The number of para-hydroxylation sites is 1. The lowest BCUT2D eigenvalue weighted by Gasteiger charge is -2.27.